The molecular formula is C25H31F3N4O6S. The van der Waals surface area contributed by atoms with Gasteiger partial charge in [0.05, 0.1) is 36.6 Å². The summed E-state index contributed by atoms with van der Waals surface area (Å²) in [5.74, 6) is -0.588. The van der Waals surface area contributed by atoms with Crippen LogP contribution in [-0.4, -0.2) is 79.8 Å². The minimum Gasteiger partial charge on any atom is -0.488 e. The molecule has 14 heteroatoms. The van der Waals surface area contributed by atoms with E-state index in [9.17, 15) is 36.3 Å². The van der Waals surface area contributed by atoms with Gasteiger partial charge in [-0.3, -0.25) is 4.79 Å². The van der Waals surface area contributed by atoms with Crippen molar-refractivity contribution in [2.75, 3.05) is 43.6 Å². The summed E-state index contributed by atoms with van der Waals surface area (Å²) < 4.78 is 69.6. The van der Waals surface area contributed by atoms with Crippen LogP contribution in [0.5, 0.6) is 5.75 Å². The molecule has 3 unspecified atom stereocenters. The molecule has 3 rings (SSSR count). The number of aliphatic hydroxyl groups is 1. The summed E-state index contributed by atoms with van der Waals surface area (Å²) in [6.45, 7) is 3.37. The highest BCUT2D eigenvalue weighted by molar-refractivity contribution is 7.88. The Morgan fingerprint density at radius 3 is 2.33 bits per heavy atom. The summed E-state index contributed by atoms with van der Waals surface area (Å²) in [6, 6.07) is 6.92. The quantitative estimate of drug-likeness (QED) is 0.466. The standard InChI is InChI=1S/C25H31F3N4O6S/c1-15-12-32(16(2)14-33)23(34)20-11-19(9-10-21(20)38-22(15)13-31(3)39(4,36)37)30-24(35)29-18-7-5-17(6-8-18)25(26,27)28/h5-11,15-16,22,33H,12-14H2,1-4H3,(H2,29,30,35). The molecule has 0 radical (unpaired) electrons. The molecule has 0 fully saturated rings. The maximum Gasteiger partial charge on any atom is 0.416 e. The van der Waals surface area contributed by atoms with E-state index in [2.05, 4.69) is 10.6 Å². The first kappa shape index (κ1) is 30.2. The summed E-state index contributed by atoms with van der Waals surface area (Å²) >= 11 is 0. The molecule has 10 nitrogen and oxygen atoms in total. The Hall–Kier alpha value is -3.36. The van der Waals surface area contributed by atoms with Crippen molar-refractivity contribution in [2.24, 2.45) is 5.92 Å². The maximum atomic E-state index is 13.5. The predicted octanol–water partition coefficient (Wildman–Crippen LogP) is 3.46. The van der Waals surface area contributed by atoms with Gasteiger partial charge >= 0.3 is 12.2 Å². The molecule has 2 aromatic rings. The van der Waals surface area contributed by atoms with Gasteiger partial charge in [-0.05, 0) is 49.4 Å². The highest BCUT2D eigenvalue weighted by atomic mass is 32.2. The number of aliphatic hydroxyl groups excluding tert-OH is 1. The second-order valence-corrected chi connectivity index (χ2v) is 11.6. The van der Waals surface area contributed by atoms with Crippen molar-refractivity contribution in [3.63, 3.8) is 0 Å². The molecule has 2 aromatic carbocycles. The maximum absolute atomic E-state index is 13.5. The molecule has 0 spiro atoms. The third-order valence-corrected chi connectivity index (χ3v) is 7.68. The van der Waals surface area contributed by atoms with E-state index in [0.717, 1.165) is 34.8 Å². The predicted molar refractivity (Wildman–Crippen MR) is 139 cm³/mol. The number of amides is 3. The van der Waals surface area contributed by atoms with Gasteiger partial charge in [0.2, 0.25) is 10.0 Å². The second kappa shape index (κ2) is 11.8. The Labute approximate surface area is 224 Å². The van der Waals surface area contributed by atoms with Crippen LogP contribution >= 0.6 is 0 Å². The smallest absolute Gasteiger partial charge is 0.416 e. The zero-order valence-electron chi connectivity index (χ0n) is 21.8. The highest BCUT2D eigenvalue weighted by Crippen LogP contribution is 2.32. The highest BCUT2D eigenvalue weighted by Gasteiger charge is 2.34. The lowest BCUT2D eigenvalue weighted by molar-refractivity contribution is -0.137. The Balaban J connectivity index is 1.86. The summed E-state index contributed by atoms with van der Waals surface area (Å²) in [5.41, 5.74) is -0.446. The SMILES string of the molecule is CC1CN(C(C)CO)C(=O)c2cc(NC(=O)Nc3ccc(C(F)(F)F)cc3)ccc2OC1CN(C)S(C)(=O)=O. The number of carbonyl (C=O) groups excluding carboxylic acids is 2. The van der Waals surface area contributed by atoms with Gasteiger partial charge in [0.25, 0.3) is 5.91 Å². The van der Waals surface area contributed by atoms with Crippen LogP contribution in [-0.2, 0) is 16.2 Å². The Bertz CT molecular complexity index is 1300. The molecule has 0 aromatic heterocycles. The van der Waals surface area contributed by atoms with Crippen LogP contribution in [0.4, 0.5) is 29.3 Å². The molecule has 3 N–H and O–H groups in total. The first-order valence-corrected chi connectivity index (χ1v) is 13.8. The summed E-state index contributed by atoms with van der Waals surface area (Å²) in [4.78, 5) is 27.4. The molecule has 0 saturated heterocycles. The van der Waals surface area contributed by atoms with Gasteiger partial charge in [0.15, 0.2) is 0 Å². The van der Waals surface area contributed by atoms with Crippen LogP contribution in [0.2, 0.25) is 0 Å². The fraction of sp³-hybridized carbons (Fsp3) is 0.440. The first-order valence-electron chi connectivity index (χ1n) is 12.0. The Morgan fingerprint density at radius 1 is 1.18 bits per heavy atom. The molecule has 0 bridgehead atoms. The van der Waals surface area contributed by atoms with Gasteiger partial charge in [-0.15, -0.1) is 0 Å². The monoisotopic (exact) mass is 572 g/mol. The van der Waals surface area contributed by atoms with Crippen LogP contribution in [0.3, 0.4) is 0 Å². The zero-order chi connectivity index (χ0) is 29.1. The minimum absolute atomic E-state index is 0.0184. The van der Waals surface area contributed by atoms with Crippen molar-refractivity contribution in [1.82, 2.24) is 9.21 Å². The van der Waals surface area contributed by atoms with E-state index in [1.54, 1.807) is 6.92 Å². The first-order chi connectivity index (χ1) is 18.1. The summed E-state index contributed by atoms with van der Waals surface area (Å²) in [7, 11) is -2.08. The normalized spacial score (nSPS) is 19.0. The molecule has 3 atom stereocenters. The van der Waals surface area contributed by atoms with Gasteiger partial charge in [-0.25, -0.2) is 17.5 Å². The third-order valence-electron chi connectivity index (χ3n) is 6.40. The van der Waals surface area contributed by atoms with Gasteiger partial charge < -0.3 is 25.4 Å². The molecular weight excluding hydrogens is 541 g/mol. The topological polar surface area (TPSA) is 128 Å². The number of ether oxygens (including phenoxy) is 1. The van der Waals surface area contributed by atoms with Crippen LogP contribution in [0.1, 0.15) is 29.8 Å². The van der Waals surface area contributed by atoms with Crippen molar-refractivity contribution in [3.05, 3.63) is 53.6 Å². The second-order valence-electron chi connectivity index (χ2n) is 9.53. The van der Waals surface area contributed by atoms with Crippen LogP contribution in [0.25, 0.3) is 0 Å². The summed E-state index contributed by atoms with van der Waals surface area (Å²) in [5, 5.41) is 14.7. The number of nitrogens with zero attached hydrogens (tertiary/aromatic N) is 2. The molecule has 214 valence electrons. The number of rotatable bonds is 7. The zero-order valence-corrected chi connectivity index (χ0v) is 22.6. The lowest BCUT2D eigenvalue weighted by atomic mass is 9.99. The van der Waals surface area contributed by atoms with E-state index in [0.29, 0.717) is 0 Å². The lowest BCUT2D eigenvalue weighted by Crippen LogP contribution is -2.50. The largest absolute Gasteiger partial charge is 0.488 e. The molecule has 39 heavy (non-hydrogen) atoms. The average Bonchev–Trinajstić information content (AvgIpc) is 2.85. The van der Waals surface area contributed by atoms with Crippen LogP contribution < -0.4 is 15.4 Å². The number of carbonyl (C=O) groups is 2. The fourth-order valence-corrected chi connectivity index (χ4v) is 4.36. The van der Waals surface area contributed by atoms with E-state index in [4.69, 9.17) is 4.74 Å². The van der Waals surface area contributed by atoms with E-state index in [1.807, 2.05) is 6.92 Å². The fourth-order valence-electron chi connectivity index (χ4n) is 3.94. The number of benzene rings is 2. The lowest BCUT2D eigenvalue weighted by Gasteiger charge is -2.38. The average molecular weight is 573 g/mol. The van der Waals surface area contributed by atoms with Crippen molar-refractivity contribution < 1.29 is 41.0 Å². The number of hydrogen-bond donors (Lipinski definition) is 3. The Morgan fingerprint density at radius 2 is 1.77 bits per heavy atom. The number of sulfonamides is 1. The number of anilines is 2. The number of halogens is 3. The number of hydrogen-bond acceptors (Lipinski definition) is 6. The van der Waals surface area contributed by atoms with Gasteiger partial charge in [-0.1, -0.05) is 6.92 Å². The van der Waals surface area contributed by atoms with E-state index in [1.165, 1.54) is 30.1 Å². The molecule has 0 saturated carbocycles. The molecule has 3 amide bonds. The van der Waals surface area contributed by atoms with Gasteiger partial charge in [0.1, 0.15) is 11.9 Å². The summed E-state index contributed by atoms with van der Waals surface area (Å²) in [6.07, 6.45) is -4.06. The molecule has 1 heterocycles. The third kappa shape index (κ3) is 7.61. The van der Waals surface area contributed by atoms with Gasteiger partial charge in [0, 0.05) is 30.9 Å². The number of urea groups is 1. The molecule has 1 aliphatic heterocycles. The van der Waals surface area contributed by atoms with Crippen molar-refractivity contribution >= 4 is 33.3 Å². The van der Waals surface area contributed by atoms with Crippen molar-refractivity contribution in [3.8, 4) is 5.75 Å². The molecule has 1 aliphatic rings. The van der Waals surface area contributed by atoms with E-state index < -0.39 is 45.8 Å². The van der Waals surface area contributed by atoms with Crippen molar-refractivity contribution in [2.45, 2.75) is 32.2 Å². The number of likely N-dealkylation sites (N-methyl/N-ethyl adjacent to an activating group) is 1. The van der Waals surface area contributed by atoms with E-state index in [-0.39, 0.29) is 48.3 Å². The van der Waals surface area contributed by atoms with E-state index >= 15 is 0 Å². The van der Waals surface area contributed by atoms with Crippen molar-refractivity contribution in [1.29, 1.82) is 0 Å². The number of fused-ring (bicyclic) bond motifs is 1. The number of alkyl halides is 3. The Kier molecular flexibility index (Phi) is 9.13. The molecule has 0 aliphatic carbocycles. The minimum atomic E-state index is -4.51. The van der Waals surface area contributed by atoms with Gasteiger partial charge in [-0.2, -0.15) is 13.2 Å². The number of nitrogens with one attached hydrogen (secondary N) is 2. The van der Waals surface area contributed by atoms with Crippen LogP contribution in [0.15, 0.2) is 42.5 Å². The van der Waals surface area contributed by atoms with Crippen LogP contribution in [0, 0.1) is 5.92 Å².